The van der Waals surface area contributed by atoms with E-state index in [1.54, 1.807) is 4.57 Å². The molecule has 7 heteroatoms. The average molecular weight is 416 g/mol. The van der Waals surface area contributed by atoms with Crippen molar-refractivity contribution in [3.8, 4) is 0 Å². The number of rotatable bonds is 9. The van der Waals surface area contributed by atoms with Crippen LogP contribution in [0.25, 0.3) is 10.2 Å². The van der Waals surface area contributed by atoms with E-state index >= 15 is 0 Å². The maximum atomic E-state index is 12.7. The molecule has 1 aromatic carbocycles. The quantitative estimate of drug-likeness (QED) is 0.422. The summed E-state index contributed by atoms with van der Waals surface area (Å²) in [6.45, 7) is 4.66. The summed E-state index contributed by atoms with van der Waals surface area (Å²) < 4.78 is 2.37. The SMILES string of the molecule is CCCn1c(SCC(=O)N[C@@H](C)CCc2ccccc2)nc2ccsc2c1=O. The molecule has 2 aromatic heterocycles. The second-order valence-electron chi connectivity index (χ2n) is 6.77. The van der Waals surface area contributed by atoms with Crippen LogP contribution in [0.5, 0.6) is 0 Å². The van der Waals surface area contributed by atoms with Gasteiger partial charge in [-0.05, 0) is 43.2 Å². The number of fused-ring (bicyclic) bond motifs is 1. The third-order valence-electron chi connectivity index (χ3n) is 4.43. The Kier molecular flexibility index (Phi) is 7.28. The molecule has 0 saturated carbocycles. The maximum Gasteiger partial charge on any atom is 0.272 e. The normalized spacial score (nSPS) is 12.2. The topological polar surface area (TPSA) is 64.0 Å². The minimum atomic E-state index is -0.0340. The Morgan fingerprint density at radius 3 is 2.82 bits per heavy atom. The summed E-state index contributed by atoms with van der Waals surface area (Å²) in [5.41, 5.74) is 1.97. The number of benzene rings is 1. The molecule has 28 heavy (non-hydrogen) atoms. The molecule has 0 aliphatic heterocycles. The predicted molar refractivity (Wildman–Crippen MR) is 117 cm³/mol. The Morgan fingerprint density at radius 1 is 1.29 bits per heavy atom. The van der Waals surface area contributed by atoms with Crippen molar-refractivity contribution in [3.63, 3.8) is 0 Å². The molecule has 0 aliphatic rings. The molecule has 0 aliphatic carbocycles. The van der Waals surface area contributed by atoms with Crippen LogP contribution >= 0.6 is 23.1 Å². The van der Waals surface area contributed by atoms with Crippen molar-refractivity contribution in [1.29, 1.82) is 0 Å². The highest BCUT2D eigenvalue weighted by Gasteiger charge is 2.14. The first-order valence-electron chi connectivity index (χ1n) is 9.52. The number of hydrogen-bond acceptors (Lipinski definition) is 5. The fourth-order valence-corrected chi connectivity index (χ4v) is 4.62. The van der Waals surface area contributed by atoms with Crippen LogP contribution in [0, 0.1) is 0 Å². The van der Waals surface area contributed by atoms with Gasteiger partial charge in [-0.25, -0.2) is 4.98 Å². The van der Waals surface area contributed by atoms with Gasteiger partial charge in [-0.1, -0.05) is 49.0 Å². The summed E-state index contributed by atoms with van der Waals surface area (Å²) in [7, 11) is 0. The number of carbonyl (C=O) groups is 1. The largest absolute Gasteiger partial charge is 0.353 e. The van der Waals surface area contributed by atoms with Gasteiger partial charge in [0.25, 0.3) is 5.56 Å². The minimum absolute atomic E-state index is 0.0130. The molecule has 0 saturated heterocycles. The first kappa shape index (κ1) is 20.6. The zero-order valence-electron chi connectivity index (χ0n) is 16.2. The predicted octanol–water partition coefficient (Wildman–Crippen LogP) is 4.10. The van der Waals surface area contributed by atoms with E-state index in [-0.39, 0.29) is 23.3 Å². The standard InChI is InChI=1S/C21H25N3O2S2/c1-3-12-24-20(26)19-17(11-13-27-19)23-21(24)28-14-18(25)22-15(2)9-10-16-7-5-4-6-8-16/h4-8,11,13,15H,3,9-10,12,14H2,1-2H3,(H,22,25)/t15-/m0/s1. The van der Waals surface area contributed by atoms with Gasteiger partial charge < -0.3 is 5.32 Å². The molecule has 0 unspecified atom stereocenters. The van der Waals surface area contributed by atoms with E-state index < -0.39 is 0 Å². The van der Waals surface area contributed by atoms with E-state index in [0.717, 1.165) is 19.3 Å². The second kappa shape index (κ2) is 9.89. The number of aromatic nitrogens is 2. The second-order valence-corrected chi connectivity index (χ2v) is 8.63. The fraction of sp³-hybridized carbons (Fsp3) is 0.381. The molecule has 5 nitrogen and oxygen atoms in total. The Bertz CT molecular complexity index is 982. The van der Waals surface area contributed by atoms with Crippen molar-refractivity contribution in [2.75, 3.05) is 5.75 Å². The van der Waals surface area contributed by atoms with Crippen molar-refractivity contribution in [2.24, 2.45) is 0 Å². The van der Waals surface area contributed by atoms with Crippen LogP contribution in [0.2, 0.25) is 0 Å². The van der Waals surface area contributed by atoms with Gasteiger partial charge in [0, 0.05) is 12.6 Å². The van der Waals surface area contributed by atoms with Gasteiger partial charge in [0.1, 0.15) is 4.70 Å². The van der Waals surface area contributed by atoms with Crippen molar-refractivity contribution in [3.05, 3.63) is 57.7 Å². The lowest BCUT2D eigenvalue weighted by Crippen LogP contribution is -2.34. The lowest BCUT2D eigenvalue weighted by atomic mass is 10.1. The highest BCUT2D eigenvalue weighted by atomic mass is 32.2. The number of nitrogens with zero attached hydrogens (tertiary/aromatic N) is 2. The Balaban J connectivity index is 1.58. The van der Waals surface area contributed by atoms with Crippen LogP contribution in [0.1, 0.15) is 32.3 Å². The van der Waals surface area contributed by atoms with E-state index in [1.165, 1.54) is 28.7 Å². The maximum absolute atomic E-state index is 12.7. The first-order chi connectivity index (χ1) is 13.6. The van der Waals surface area contributed by atoms with Gasteiger partial charge in [0.05, 0.1) is 11.3 Å². The highest BCUT2D eigenvalue weighted by Crippen LogP contribution is 2.21. The Morgan fingerprint density at radius 2 is 2.07 bits per heavy atom. The van der Waals surface area contributed by atoms with Crippen LogP contribution in [0.15, 0.2) is 51.7 Å². The van der Waals surface area contributed by atoms with E-state index in [4.69, 9.17) is 0 Å². The van der Waals surface area contributed by atoms with Crippen molar-refractivity contribution >= 4 is 39.2 Å². The summed E-state index contributed by atoms with van der Waals surface area (Å²) in [6.07, 6.45) is 2.66. The zero-order valence-corrected chi connectivity index (χ0v) is 17.8. The number of thioether (sulfide) groups is 1. The van der Waals surface area contributed by atoms with Gasteiger partial charge in [0.15, 0.2) is 5.16 Å². The lowest BCUT2D eigenvalue weighted by molar-refractivity contribution is -0.119. The van der Waals surface area contributed by atoms with Crippen molar-refractivity contribution in [2.45, 2.75) is 50.9 Å². The van der Waals surface area contributed by atoms with E-state index in [1.807, 2.05) is 43.5 Å². The Hall–Kier alpha value is -2.12. The molecular formula is C21H25N3O2S2. The third-order valence-corrected chi connectivity index (χ3v) is 6.29. The average Bonchev–Trinajstić information content (AvgIpc) is 3.17. The zero-order chi connectivity index (χ0) is 19.9. The summed E-state index contributed by atoms with van der Waals surface area (Å²) in [6, 6.07) is 12.2. The molecule has 3 aromatic rings. The number of hydrogen-bond donors (Lipinski definition) is 1. The first-order valence-corrected chi connectivity index (χ1v) is 11.4. The van der Waals surface area contributed by atoms with Crippen LogP contribution in [-0.4, -0.2) is 27.3 Å². The molecule has 2 heterocycles. The number of thiophene rings is 1. The highest BCUT2D eigenvalue weighted by molar-refractivity contribution is 7.99. The van der Waals surface area contributed by atoms with Crippen LogP contribution in [-0.2, 0) is 17.8 Å². The molecular weight excluding hydrogens is 390 g/mol. The molecule has 1 amide bonds. The minimum Gasteiger partial charge on any atom is -0.353 e. The summed E-state index contributed by atoms with van der Waals surface area (Å²) in [5, 5.41) is 5.54. The molecule has 0 radical (unpaired) electrons. The number of amides is 1. The summed E-state index contributed by atoms with van der Waals surface area (Å²) in [4.78, 5) is 29.6. The van der Waals surface area contributed by atoms with Gasteiger partial charge >= 0.3 is 0 Å². The van der Waals surface area contributed by atoms with Gasteiger partial charge in [-0.2, -0.15) is 0 Å². The number of carbonyl (C=O) groups excluding carboxylic acids is 1. The molecule has 0 fully saturated rings. The van der Waals surface area contributed by atoms with Crippen LogP contribution < -0.4 is 10.9 Å². The molecule has 148 valence electrons. The van der Waals surface area contributed by atoms with Crippen molar-refractivity contribution in [1.82, 2.24) is 14.9 Å². The Labute approximate surface area is 173 Å². The van der Waals surface area contributed by atoms with Crippen LogP contribution in [0.3, 0.4) is 0 Å². The van der Waals surface area contributed by atoms with E-state index in [0.29, 0.717) is 21.9 Å². The van der Waals surface area contributed by atoms with E-state index in [9.17, 15) is 9.59 Å². The summed E-state index contributed by atoms with van der Waals surface area (Å²) in [5.74, 6) is 0.217. The summed E-state index contributed by atoms with van der Waals surface area (Å²) >= 11 is 2.74. The fourth-order valence-electron chi connectivity index (χ4n) is 3.00. The molecule has 1 atom stereocenters. The van der Waals surface area contributed by atoms with Crippen molar-refractivity contribution < 1.29 is 4.79 Å². The molecule has 3 rings (SSSR count). The number of nitrogens with one attached hydrogen (secondary N) is 1. The lowest BCUT2D eigenvalue weighted by Gasteiger charge is -2.15. The van der Waals surface area contributed by atoms with E-state index in [2.05, 4.69) is 22.4 Å². The molecule has 0 bridgehead atoms. The van der Waals surface area contributed by atoms with Gasteiger partial charge in [-0.15, -0.1) is 11.3 Å². The third kappa shape index (κ3) is 5.23. The molecule has 1 N–H and O–H groups in total. The van der Waals surface area contributed by atoms with Gasteiger partial charge in [0.2, 0.25) is 5.91 Å². The molecule has 0 spiro atoms. The van der Waals surface area contributed by atoms with Gasteiger partial charge in [-0.3, -0.25) is 14.2 Å². The number of aryl methyl sites for hydroxylation is 1. The monoisotopic (exact) mass is 415 g/mol. The van der Waals surface area contributed by atoms with Crippen LogP contribution in [0.4, 0.5) is 0 Å². The smallest absolute Gasteiger partial charge is 0.272 e.